The highest BCUT2D eigenvalue weighted by Crippen LogP contribution is 2.24. The number of anilines is 1. The quantitative estimate of drug-likeness (QED) is 0.733. The van der Waals surface area contributed by atoms with E-state index in [1.807, 2.05) is 6.07 Å². The van der Waals surface area contributed by atoms with Gasteiger partial charge in [-0.05, 0) is 24.3 Å². The Bertz CT molecular complexity index is 833. The number of aromatic amines is 1. The molecule has 3 aromatic rings. The maximum atomic E-state index is 13.2. The summed E-state index contributed by atoms with van der Waals surface area (Å²) >= 11 is 11.3. The fourth-order valence-corrected chi connectivity index (χ4v) is 2.47. The number of nitrogens with zero attached hydrogens (tertiary/aromatic N) is 3. The number of hydrogen-bond donors (Lipinski definition) is 1. The van der Waals surface area contributed by atoms with Crippen LogP contribution < -0.4 is 4.90 Å². The first-order valence-corrected chi connectivity index (χ1v) is 6.88. The summed E-state index contributed by atoms with van der Waals surface area (Å²) in [7, 11) is 1.80. The predicted molar refractivity (Wildman–Crippen MR) is 85.4 cm³/mol. The smallest absolute Gasteiger partial charge is 0.178 e. The summed E-state index contributed by atoms with van der Waals surface area (Å²) < 4.78 is 13.2. The second-order valence-electron chi connectivity index (χ2n) is 4.42. The first kappa shape index (κ1) is 13.9. The number of fused-ring (bicyclic) bond motifs is 1. The van der Waals surface area contributed by atoms with Crippen LogP contribution in [-0.2, 0) is 0 Å². The van der Waals surface area contributed by atoms with Crippen LogP contribution in [0.4, 0.5) is 10.1 Å². The van der Waals surface area contributed by atoms with Crippen LogP contribution >= 0.6 is 23.8 Å². The van der Waals surface area contributed by atoms with Crippen LogP contribution in [0.3, 0.4) is 0 Å². The Morgan fingerprint density at radius 1 is 1.33 bits per heavy atom. The summed E-state index contributed by atoms with van der Waals surface area (Å²) in [5.74, 6) is -0.459. The van der Waals surface area contributed by atoms with Gasteiger partial charge in [0, 0.05) is 24.5 Å². The number of hydrogen-bond acceptors (Lipinski definition) is 3. The first-order chi connectivity index (χ1) is 10.1. The minimum Gasteiger partial charge on any atom is -0.343 e. The van der Waals surface area contributed by atoms with Crippen molar-refractivity contribution in [1.82, 2.24) is 15.0 Å². The lowest BCUT2D eigenvalue weighted by Gasteiger charge is -2.21. The van der Waals surface area contributed by atoms with Crippen molar-refractivity contribution in [2.45, 2.75) is 0 Å². The molecule has 0 amide bonds. The van der Waals surface area contributed by atoms with Crippen LogP contribution in [0.5, 0.6) is 0 Å². The van der Waals surface area contributed by atoms with Crippen LogP contribution in [-0.4, -0.2) is 27.0 Å². The average molecular weight is 321 g/mol. The second-order valence-corrected chi connectivity index (χ2v) is 5.22. The number of pyridine rings is 1. The third-order valence-corrected chi connectivity index (χ3v) is 3.94. The standard InChI is InChI=1S/C14H10ClFN4S/c1-20(8-2-3-11(16)10(15)6-8)14(21)9-4-5-17-13-12(9)18-7-19-13/h2-7H,1H3,(H,17,18,19). The number of rotatable bonds is 2. The van der Waals surface area contributed by atoms with E-state index in [0.717, 1.165) is 11.1 Å². The third-order valence-electron chi connectivity index (χ3n) is 3.15. The van der Waals surface area contributed by atoms with Gasteiger partial charge in [0.15, 0.2) is 5.65 Å². The predicted octanol–water partition coefficient (Wildman–Crippen LogP) is 3.56. The minimum atomic E-state index is -0.459. The van der Waals surface area contributed by atoms with Gasteiger partial charge in [-0.25, -0.2) is 14.4 Å². The molecule has 21 heavy (non-hydrogen) atoms. The number of thiocarbonyl (C=S) groups is 1. The molecule has 1 aromatic carbocycles. The van der Waals surface area contributed by atoms with Crippen molar-refractivity contribution in [2.75, 3.05) is 11.9 Å². The first-order valence-electron chi connectivity index (χ1n) is 6.09. The van der Waals surface area contributed by atoms with Crippen LogP contribution in [0.2, 0.25) is 5.02 Å². The number of nitrogens with one attached hydrogen (secondary N) is 1. The van der Waals surface area contributed by atoms with Gasteiger partial charge in [-0.1, -0.05) is 23.8 Å². The lowest BCUT2D eigenvalue weighted by Crippen LogP contribution is -2.25. The highest BCUT2D eigenvalue weighted by Gasteiger charge is 2.15. The maximum Gasteiger partial charge on any atom is 0.178 e. The van der Waals surface area contributed by atoms with E-state index in [1.54, 1.807) is 30.5 Å². The molecule has 4 nitrogen and oxygen atoms in total. The van der Waals surface area contributed by atoms with E-state index in [0.29, 0.717) is 16.3 Å². The fourth-order valence-electron chi connectivity index (χ4n) is 2.02. The SMILES string of the molecule is CN(C(=S)c1ccnc2nc[nH]c12)c1ccc(F)c(Cl)c1. The van der Waals surface area contributed by atoms with E-state index in [4.69, 9.17) is 23.8 Å². The molecular formula is C14H10ClFN4S. The normalized spacial score (nSPS) is 10.8. The van der Waals surface area contributed by atoms with Gasteiger partial charge in [0.1, 0.15) is 10.8 Å². The molecule has 0 unspecified atom stereocenters. The molecule has 0 bridgehead atoms. The summed E-state index contributed by atoms with van der Waals surface area (Å²) in [6, 6.07) is 6.28. The minimum absolute atomic E-state index is 0.0589. The van der Waals surface area contributed by atoms with Crippen molar-refractivity contribution in [3.05, 3.63) is 53.2 Å². The Labute approximate surface area is 130 Å². The molecule has 3 rings (SSSR count). The molecule has 0 aliphatic rings. The number of halogens is 2. The zero-order valence-electron chi connectivity index (χ0n) is 11.0. The van der Waals surface area contributed by atoms with Crippen LogP contribution in [0, 0.1) is 5.82 Å². The van der Waals surface area contributed by atoms with E-state index < -0.39 is 5.82 Å². The van der Waals surface area contributed by atoms with Crippen LogP contribution in [0.25, 0.3) is 11.2 Å². The van der Waals surface area contributed by atoms with Gasteiger partial charge in [0.2, 0.25) is 0 Å². The topological polar surface area (TPSA) is 44.8 Å². The molecule has 2 aromatic heterocycles. The lowest BCUT2D eigenvalue weighted by atomic mass is 10.2. The van der Waals surface area contributed by atoms with Crippen molar-refractivity contribution >= 4 is 45.7 Å². The Hall–Kier alpha value is -2.05. The van der Waals surface area contributed by atoms with Gasteiger partial charge in [-0.15, -0.1) is 0 Å². The fraction of sp³-hybridized carbons (Fsp3) is 0.0714. The van der Waals surface area contributed by atoms with E-state index in [2.05, 4.69) is 15.0 Å². The second kappa shape index (κ2) is 5.38. The van der Waals surface area contributed by atoms with Gasteiger partial charge >= 0.3 is 0 Å². The van der Waals surface area contributed by atoms with Gasteiger partial charge in [0.05, 0.1) is 16.9 Å². The Morgan fingerprint density at radius 3 is 2.90 bits per heavy atom. The van der Waals surface area contributed by atoms with E-state index in [1.165, 1.54) is 12.1 Å². The van der Waals surface area contributed by atoms with Gasteiger partial charge in [-0.3, -0.25) is 0 Å². The molecule has 0 atom stereocenters. The van der Waals surface area contributed by atoms with E-state index in [9.17, 15) is 4.39 Å². The molecule has 0 fully saturated rings. The largest absolute Gasteiger partial charge is 0.343 e. The third kappa shape index (κ3) is 2.48. The van der Waals surface area contributed by atoms with E-state index in [-0.39, 0.29) is 5.02 Å². The summed E-state index contributed by atoms with van der Waals surface area (Å²) in [5, 5.41) is 0.0589. The Balaban J connectivity index is 2.01. The molecule has 7 heteroatoms. The van der Waals surface area contributed by atoms with Crippen LogP contribution in [0.1, 0.15) is 5.56 Å². The number of imidazole rings is 1. The van der Waals surface area contributed by atoms with Crippen molar-refractivity contribution in [3.8, 4) is 0 Å². The van der Waals surface area contributed by atoms with Gasteiger partial charge in [-0.2, -0.15) is 0 Å². The molecule has 0 saturated carbocycles. The average Bonchev–Trinajstić information content (AvgIpc) is 2.97. The van der Waals surface area contributed by atoms with Crippen molar-refractivity contribution < 1.29 is 4.39 Å². The number of benzene rings is 1. The molecular weight excluding hydrogens is 311 g/mol. The van der Waals surface area contributed by atoms with Crippen molar-refractivity contribution in [2.24, 2.45) is 0 Å². The van der Waals surface area contributed by atoms with Crippen LogP contribution in [0.15, 0.2) is 36.8 Å². The molecule has 1 N–H and O–H groups in total. The molecule has 106 valence electrons. The molecule has 0 spiro atoms. The van der Waals surface area contributed by atoms with Crippen molar-refractivity contribution in [3.63, 3.8) is 0 Å². The van der Waals surface area contributed by atoms with E-state index >= 15 is 0 Å². The number of aromatic nitrogens is 3. The summed E-state index contributed by atoms with van der Waals surface area (Å²) in [6.07, 6.45) is 3.22. The molecule has 0 aliphatic carbocycles. The summed E-state index contributed by atoms with van der Waals surface area (Å²) in [5.41, 5.74) is 2.87. The molecule has 0 saturated heterocycles. The lowest BCUT2D eigenvalue weighted by molar-refractivity contribution is 0.628. The zero-order chi connectivity index (χ0) is 15.0. The molecule has 0 aliphatic heterocycles. The van der Waals surface area contributed by atoms with Gasteiger partial charge < -0.3 is 9.88 Å². The van der Waals surface area contributed by atoms with Gasteiger partial charge in [0.25, 0.3) is 0 Å². The summed E-state index contributed by atoms with van der Waals surface area (Å²) in [4.78, 5) is 13.6. The Kier molecular flexibility index (Phi) is 3.57. The van der Waals surface area contributed by atoms with Crippen molar-refractivity contribution in [1.29, 1.82) is 0 Å². The highest BCUT2D eigenvalue weighted by atomic mass is 35.5. The monoisotopic (exact) mass is 320 g/mol. The Morgan fingerprint density at radius 2 is 2.14 bits per heavy atom. The zero-order valence-corrected chi connectivity index (χ0v) is 12.5. The molecule has 0 radical (unpaired) electrons. The molecule has 2 heterocycles. The maximum absolute atomic E-state index is 13.2. The number of H-pyrrole nitrogens is 1. The summed E-state index contributed by atoms with van der Waals surface area (Å²) in [6.45, 7) is 0. The highest BCUT2D eigenvalue weighted by molar-refractivity contribution is 7.81.